The van der Waals surface area contributed by atoms with Gasteiger partial charge in [0, 0.05) is 25.0 Å². The van der Waals surface area contributed by atoms with E-state index in [1.165, 1.54) is 0 Å². The zero-order chi connectivity index (χ0) is 12.1. The van der Waals surface area contributed by atoms with Gasteiger partial charge in [-0.15, -0.1) is 0 Å². The Morgan fingerprint density at radius 1 is 1.38 bits per heavy atom. The minimum Gasteiger partial charge on any atom is -0.343 e. The third kappa shape index (κ3) is 3.48. The van der Waals surface area contributed by atoms with Crippen LogP contribution in [0.4, 0.5) is 0 Å². The molecule has 0 saturated heterocycles. The van der Waals surface area contributed by atoms with Crippen LogP contribution in [0.15, 0.2) is 0 Å². The van der Waals surface area contributed by atoms with Crippen LogP contribution in [0.1, 0.15) is 52.4 Å². The Labute approximate surface area is 99.4 Å². The summed E-state index contributed by atoms with van der Waals surface area (Å²) in [5, 5.41) is 0. The molecule has 1 aliphatic rings. The zero-order valence-corrected chi connectivity index (χ0v) is 10.9. The van der Waals surface area contributed by atoms with Crippen molar-refractivity contribution in [3.63, 3.8) is 0 Å². The standard InChI is InChI=1S/C13H26N2O/c1-4-5-10(2)13(16)15(3)12-8-6-11(14)7-9-12/h10-12H,4-9,14H2,1-3H3. The predicted molar refractivity (Wildman–Crippen MR) is 67.1 cm³/mol. The largest absolute Gasteiger partial charge is 0.343 e. The van der Waals surface area contributed by atoms with Gasteiger partial charge in [-0.05, 0) is 32.1 Å². The molecule has 1 atom stereocenters. The van der Waals surface area contributed by atoms with Crippen molar-refractivity contribution in [2.24, 2.45) is 11.7 Å². The summed E-state index contributed by atoms with van der Waals surface area (Å²) in [6.07, 6.45) is 6.34. The number of amides is 1. The Morgan fingerprint density at radius 3 is 2.44 bits per heavy atom. The van der Waals surface area contributed by atoms with Gasteiger partial charge in [0.2, 0.25) is 5.91 Å². The van der Waals surface area contributed by atoms with E-state index in [1.807, 2.05) is 18.9 Å². The Kier molecular flexibility index (Phi) is 5.26. The van der Waals surface area contributed by atoms with E-state index in [1.54, 1.807) is 0 Å². The summed E-state index contributed by atoms with van der Waals surface area (Å²) in [7, 11) is 1.95. The topological polar surface area (TPSA) is 46.3 Å². The molecular formula is C13H26N2O. The lowest BCUT2D eigenvalue weighted by molar-refractivity contribution is -0.136. The fourth-order valence-electron chi connectivity index (χ4n) is 2.57. The number of rotatable bonds is 4. The molecule has 1 rings (SSSR count). The molecule has 2 N–H and O–H groups in total. The van der Waals surface area contributed by atoms with E-state index < -0.39 is 0 Å². The molecule has 0 spiro atoms. The van der Waals surface area contributed by atoms with Crippen molar-refractivity contribution in [1.82, 2.24) is 4.90 Å². The molecule has 16 heavy (non-hydrogen) atoms. The molecule has 1 fully saturated rings. The number of hydrogen-bond donors (Lipinski definition) is 1. The van der Waals surface area contributed by atoms with Crippen LogP contribution in [0.2, 0.25) is 0 Å². The minimum absolute atomic E-state index is 0.172. The first kappa shape index (κ1) is 13.5. The first-order valence-electron chi connectivity index (χ1n) is 6.58. The first-order valence-corrected chi connectivity index (χ1v) is 6.58. The first-order chi connectivity index (χ1) is 7.56. The van der Waals surface area contributed by atoms with E-state index in [0.717, 1.165) is 38.5 Å². The number of nitrogens with two attached hydrogens (primary N) is 1. The summed E-state index contributed by atoms with van der Waals surface area (Å²) in [6.45, 7) is 4.17. The molecule has 3 nitrogen and oxygen atoms in total. The van der Waals surface area contributed by atoms with E-state index in [2.05, 4.69) is 6.92 Å². The highest BCUT2D eigenvalue weighted by molar-refractivity contribution is 5.78. The van der Waals surface area contributed by atoms with Crippen LogP contribution in [0, 0.1) is 5.92 Å². The van der Waals surface area contributed by atoms with Crippen LogP contribution < -0.4 is 5.73 Å². The Balaban J connectivity index is 2.44. The molecule has 1 unspecified atom stereocenters. The van der Waals surface area contributed by atoms with Crippen LogP contribution in [0.5, 0.6) is 0 Å². The van der Waals surface area contributed by atoms with Crippen molar-refractivity contribution < 1.29 is 4.79 Å². The van der Waals surface area contributed by atoms with Gasteiger partial charge < -0.3 is 10.6 Å². The van der Waals surface area contributed by atoms with Gasteiger partial charge in [-0.25, -0.2) is 0 Å². The maximum absolute atomic E-state index is 12.1. The molecule has 0 aromatic heterocycles. The average Bonchev–Trinajstić information content (AvgIpc) is 2.28. The zero-order valence-electron chi connectivity index (χ0n) is 10.9. The van der Waals surface area contributed by atoms with Crippen molar-refractivity contribution in [2.45, 2.75) is 64.5 Å². The minimum atomic E-state index is 0.172. The highest BCUT2D eigenvalue weighted by Crippen LogP contribution is 2.23. The molecule has 3 heteroatoms. The van der Waals surface area contributed by atoms with E-state index in [9.17, 15) is 4.79 Å². The molecule has 0 radical (unpaired) electrons. The van der Waals surface area contributed by atoms with Crippen LogP contribution in [0.3, 0.4) is 0 Å². The second-order valence-corrected chi connectivity index (χ2v) is 5.21. The number of carbonyl (C=O) groups is 1. The third-order valence-corrected chi connectivity index (χ3v) is 3.78. The van der Waals surface area contributed by atoms with Crippen molar-refractivity contribution in [1.29, 1.82) is 0 Å². The number of carbonyl (C=O) groups excluding carboxylic acids is 1. The van der Waals surface area contributed by atoms with Crippen molar-refractivity contribution >= 4 is 5.91 Å². The summed E-state index contributed by atoms with van der Waals surface area (Å²) >= 11 is 0. The van der Waals surface area contributed by atoms with E-state index >= 15 is 0 Å². The maximum Gasteiger partial charge on any atom is 0.225 e. The average molecular weight is 226 g/mol. The molecule has 1 saturated carbocycles. The number of nitrogens with zero attached hydrogens (tertiary/aromatic N) is 1. The van der Waals surface area contributed by atoms with Gasteiger partial charge in [0.1, 0.15) is 0 Å². The maximum atomic E-state index is 12.1. The molecule has 0 aromatic rings. The fourth-order valence-corrected chi connectivity index (χ4v) is 2.57. The van der Waals surface area contributed by atoms with Crippen LogP contribution in [0.25, 0.3) is 0 Å². The highest BCUT2D eigenvalue weighted by atomic mass is 16.2. The van der Waals surface area contributed by atoms with Gasteiger partial charge in [-0.3, -0.25) is 4.79 Å². The second kappa shape index (κ2) is 6.24. The molecule has 1 aliphatic carbocycles. The van der Waals surface area contributed by atoms with Gasteiger partial charge in [0.15, 0.2) is 0 Å². The summed E-state index contributed by atoms with van der Waals surface area (Å²) in [5.41, 5.74) is 5.88. The Hall–Kier alpha value is -0.570. The van der Waals surface area contributed by atoms with Gasteiger partial charge in [0.25, 0.3) is 0 Å². The quantitative estimate of drug-likeness (QED) is 0.798. The van der Waals surface area contributed by atoms with Gasteiger partial charge in [-0.1, -0.05) is 20.3 Å². The van der Waals surface area contributed by atoms with E-state index in [0.29, 0.717) is 18.0 Å². The second-order valence-electron chi connectivity index (χ2n) is 5.21. The molecule has 0 aliphatic heterocycles. The van der Waals surface area contributed by atoms with Gasteiger partial charge in [0.05, 0.1) is 0 Å². The molecule has 94 valence electrons. The molecule has 0 bridgehead atoms. The third-order valence-electron chi connectivity index (χ3n) is 3.78. The van der Waals surface area contributed by atoms with Crippen LogP contribution >= 0.6 is 0 Å². The summed E-state index contributed by atoms with van der Waals surface area (Å²) in [6, 6.07) is 0.777. The summed E-state index contributed by atoms with van der Waals surface area (Å²) < 4.78 is 0. The lowest BCUT2D eigenvalue weighted by atomic mass is 9.90. The van der Waals surface area contributed by atoms with Gasteiger partial charge >= 0.3 is 0 Å². The highest BCUT2D eigenvalue weighted by Gasteiger charge is 2.26. The molecular weight excluding hydrogens is 200 g/mol. The smallest absolute Gasteiger partial charge is 0.225 e. The van der Waals surface area contributed by atoms with Crippen molar-refractivity contribution in [3.05, 3.63) is 0 Å². The lowest BCUT2D eigenvalue weighted by Crippen LogP contribution is -2.43. The van der Waals surface area contributed by atoms with E-state index in [-0.39, 0.29) is 5.92 Å². The monoisotopic (exact) mass is 226 g/mol. The number of hydrogen-bond acceptors (Lipinski definition) is 2. The van der Waals surface area contributed by atoms with Crippen LogP contribution in [-0.2, 0) is 4.79 Å². The Morgan fingerprint density at radius 2 is 1.94 bits per heavy atom. The summed E-state index contributed by atoms with van der Waals surface area (Å²) in [5.74, 6) is 0.480. The molecule has 0 heterocycles. The fraction of sp³-hybridized carbons (Fsp3) is 0.923. The lowest BCUT2D eigenvalue weighted by Gasteiger charge is -2.34. The predicted octanol–water partition coefficient (Wildman–Crippen LogP) is 2.15. The SMILES string of the molecule is CCCC(C)C(=O)N(C)C1CCC(N)CC1. The Bertz CT molecular complexity index is 222. The molecule has 1 amide bonds. The van der Waals surface area contributed by atoms with E-state index in [4.69, 9.17) is 5.73 Å². The summed E-state index contributed by atoms with van der Waals surface area (Å²) in [4.78, 5) is 14.1. The van der Waals surface area contributed by atoms with Gasteiger partial charge in [-0.2, -0.15) is 0 Å². The van der Waals surface area contributed by atoms with Crippen molar-refractivity contribution in [3.8, 4) is 0 Å². The normalized spacial score (nSPS) is 27.5. The molecule has 0 aromatic carbocycles. The van der Waals surface area contributed by atoms with Crippen LogP contribution in [-0.4, -0.2) is 29.9 Å². The van der Waals surface area contributed by atoms with Crippen molar-refractivity contribution in [2.75, 3.05) is 7.05 Å².